The minimum Gasteiger partial charge on any atom is -0.316 e. The molecule has 1 heterocycles. The molecule has 0 aromatic carbocycles. The molecule has 3 atom stereocenters. The van der Waals surface area contributed by atoms with Gasteiger partial charge in [0.25, 0.3) is 0 Å². The van der Waals surface area contributed by atoms with Gasteiger partial charge in [-0.1, -0.05) is 26.3 Å². The molecule has 2 nitrogen and oxygen atoms in total. The van der Waals surface area contributed by atoms with E-state index < -0.39 is 0 Å². The van der Waals surface area contributed by atoms with Gasteiger partial charge in [-0.15, -0.1) is 0 Å². The third-order valence-electron chi connectivity index (χ3n) is 4.43. The molecule has 0 spiro atoms. The Kier molecular flexibility index (Phi) is 5.84. The molecule has 1 aromatic heterocycles. The fraction of sp³-hybridized carbons (Fsp3) is 0.706. The number of pyridine rings is 1. The van der Waals surface area contributed by atoms with Gasteiger partial charge in [-0.3, -0.25) is 4.98 Å². The molecule has 1 aliphatic carbocycles. The first-order chi connectivity index (χ1) is 9.29. The number of aromatic nitrogens is 1. The molecular weight excluding hydrogens is 232 g/mol. The van der Waals surface area contributed by atoms with E-state index >= 15 is 0 Å². The third kappa shape index (κ3) is 4.61. The monoisotopic (exact) mass is 260 g/mol. The summed E-state index contributed by atoms with van der Waals surface area (Å²) in [5, 5.41) is 3.61. The van der Waals surface area contributed by atoms with Crippen molar-refractivity contribution in [1.82, 2.24) is 10.3 Å². The molecule has 2 heteroatoms. The van der Waals surface area contributed by atoms with Crippen LogP contribution >= 0.6 is 0 Å². The van der Waals surface area contributed by atoms with Crippen LogP contribution in [0.5, 0.6) is 0 Å². The molecular formula is C17H28N2. The van der Waals surface area contributed by atoms with Crippen LogP contribution < -0.4 is 5.32 Å². The topological polar surface area (TPSA) is 24.9 Å². The molecule has 3 unspecified atom stereocenters. The highest BCUT2D eigenvalue weighted by molar-refractivity contribution is 5.05. The lowest BCUT2D eigenvalue weighted by Gasteiger charge is -2.35. The van der Waals surface area contributed by atoms with Gasteiger partial charge in [-0.25, -0.2) is 0 Å². The molecule has 0 amide bonds. The number of hydrogen-bond acceptors (Lipinski definition) is 2. The van der Waals surface area contributed by atoms with Crippen molar-refractivity contribution in [2.45, 2.75) is 46.0 Å². The molecule has 1 N–H and O–H groups in total. The molecule has 0 radical (unpaired) electrons. The fourth-order valence-corrected chi connectivity index (χ4v) is 3.33. The number of rotatable bonds is 6. The van der Waals surface area contributed by atoms with Crippen molar-refractivity contribution >= 4 is 0 Å². The van der Waals surface area contributed by atoms with Gasteiger partial charge in [-0.05, 0) is 68.7 Å². The van der Waals surface area contributed by atoms with Gasteiger partial charge >= 0.3 is 0 Å². The van der Waals surface area contributed by atoms with E-state index in [2.05, 4.69) is 36.3 Å². The number of nitrogens with zero attached hydrogens (tertiary/aromatic N) is 1. The van der Waals surface area contributed by atoms with Gasteiger partial charge in [0, 0.05) is 11.9 Å². The summed E-state index contributed by atoms with van der Waals surface area (Å²) >= 11 is 0. The van der Waals surface area contributed by atoms with Crippen LogP contribution in [0.4, 0.5) is 0 Å². The van der Waals surface area contributed by atoms with Crippen molar-refractivity contribution in [1.29, 1.82) is 0 Å². The Bertz CT molecular complexity index is 350. The highest BCUT2D eigenvalue weighted by Gasteiger charge is 2.28. The summed E-state index contributed by atoms with van der Waals surface area (Å²) in [5.74, 6) is 2.53. The molecule has 2 rings (SSSR count). The average molecular weight is 260 g/mol. The average Bonchev–Trinajstić information content (AvgIpc) is 2.43. The van der Waals surface area contributed by atoms with Crippen molar-refractivity contribution in [2.24, 2.45) is 17.8 Å². The quantitative estimate of drug-likeness (QED) is 0.789. The van der Waals surface area contributed by atoms with Crippen LogP contribution in [0.25, 0.3) is 0 Å². The second-order valence-corrected chi connectivity index (χ2v) is 6.17. The van der Waals surface area contributed by atoms with E-state index in [-0.39, 0.29) is 0 Å². The zero-order valence-electron chi connectivity index (χ0n) is 12.4. The van der Waals surface area contributed by atoms with Gasteiger partial charge in [0.2, 0.25) is 0 Å². The SMILES string of the molecule is CCCNCC1CCC(C)CC1Cc1ccccn1. The summed E-state index contributed by atoms with van der Waals surface area (Å²) in [6, 6.07) is 6.29. The predicted octanol–water partition coefficient (Wildman–Crippen LogP) is 3.68. The Labute approximate surface area is 118 Å². The van der Waals surface area contributed by atoms with E-state index in [0.29, 0.717) is 0 Å². The lowest BCUT2D eigenvalue weighted by molar-refractivity contribution is 0.183. The molecule has 19 heavy (non-hydrogen) atoms. The molecule has 1 saturated carbocycles. The molecule has 0 saturated heterocycles. The minimum absolute atomic E-state index is 0.808. The zero-order valence-corrected chi connectivity index (χ0v) is 12.4. The van der Waals surface area contributed by atoms with Crippen LogP contribution in [0.1, 0.15) is 45.2 Å². The predicted molar refractivity (Wildman–Crippen MR) is 81.1 cm³/mol. The Morgan fingerprint density at radius 1 is 1.26 bits per heavy atom. The van der Waals surface area contributed by atoms with Gasteiger partial charge in [0.1, 0.15) is 0 Å². The molecule has 1 fully saturated rings. The summed E-state index contributed by atoms with van der Waals surface area (Å²) in [5.41, 5.74) is 1.27. The van der Waals surface area contributed by atoms with E-state index in [0.717, 1.165) is 30.7 Å². The maximum atomic E-state index is 4.51. The first-order valence-corrected chi connectivity index (χ1v) is 7.90. The van der Waals surface area contributed by atoms with E-state index in [1.165, 1.54) is 37.9 Å². The summed E-state index contributed by atoms with van der Waals surface area (Å²) in [4.78, 5) is 4.51. The lowest BCUT2D eigenvalue weighted by Crippen LogP contribution is -2.34. The van der Waals surface area contributed by atoms with Crippen LogP contribution in [0, 0.1) is 17.8 Å². The van der Waals surface area contributed by atoms with Crippen LogP contribution in [-0.4, -0.2) is 18.1 Å². The van der Waals surface area contributed by atoms with Gasteiger partial charge in [-0.2, -0.15) is 0 Å². The summed E-state index contributed by atoms with van der Waals surface area (Å²) in [6.07, 6.45) is 8.46. The Morgan fingerprint density at radius 2 is 2.16 bits per heavy atom. The van der Waals surface area contributed by atoms with Crippen molar-refractivity contribution in [2.75, 3.05) is 13.1 Å². The standard InChI is InChI=1S/C17H28N2/c1-3-9-18-13-15-8-7-14(2)11-16(15)12-17-6-4-5-10-19-17/h4-6,10,14-16,18H,3,7-9,11-13H2,1-2H3. The molecule has 0 aliphatic heterocycles. The number of hydrogen-bond donors (Lipinski definition) is 1. The highest BCUT2D eigenvalue weighted by Crippen LogP contribution is 2.35. The van der Waals surface area contributed by atoms with Gasteiger partial charge < -0.3 is 5.32 Å². The molecule has 1 aromatic rings. The van der Waals surface area contributed by atoms with E-state index in [1.807, 2.05) is 12.3 Å². The van der Waals surface area contributed by atoms with Gasteiger partial charge in [0.15, 0.2) is 0 Å². The molecule has 0 bridgehead atoms. The number of nitrogens with one attached hydrogen (secondary N) is 1. The Morgan fingerprint density at radius 3 is 2.89 bits per heavy atom. The van der Waals surface area contributed by atoms with Crippen molar-refractivity contribution in [3.8, 4) is 0 Å². The lowest BCUT2D eigenvalue weighted by atomic mass is 9.72. The first-order valence-electron chi connectivity index (χ1n) is 7.90. The highest BCUT2D eigenvalue weighted by atomic mass is 14.9. The molecule has 1 aliphatic rings. The summed E-state index contributed by atoms with van der Waals surface area (Å²) in [7, 11) is 0. The van der Waals surface area contributed by atoms with Crippen LogP contribution in [-0.2, 0) is 6.42 Å². The second kappa shape index (κ2) is 7.64. The third-order valence-corrected chi connectivity index (χ3v) is 4.43. The largest absolute Gasteiger partial charge is 0.316 e. The Balaban J connectivity index is 1.92. The smallest absolute Gasteiger partial charge is 0.0406 e. The van der Waals surface area contributed by atoms with Gasteiger partial charge in [0.05, 0.1) is 0 Å². The maximum Gasteiger partial charge on any atom is 0.0406 e. The van der Waals surface area contributed by atoms with Crippen LogP contribution in [0.2, 0.25) is 0 Å². The van der Waals surface area contributed by atoms with E-state index in [4.69, 9.17) is 0 Å². The second-order valence-electron chi connectivity index (χ2n) is 6.17. The van der Waals surface area contributed by atoms with Crippen molar-refractivity contribution < 1.29 is 0 Å². The fourth-order valence-electron chi connectivity index (χ4n) is 3.33. The first kappa shape index (κ1) is 14.5. The summed E-state index contributed by atoms with van der Waals surface area (Å²) in [6.45, 7) is 6.99. The van der Waals surface area contributed by atoms with E-state index in [1.54, 1.807) is 0 Å². The molecule has 106 valence electrons. The summed E-state index contributed by atoms with van der Waals surface area (Å²) < 4.78 is 0. The normalized spacial score (nSPS) is 27.4. The van der Waals surface area contributed by atoms with E-state index in [9.17, 15) is 0 Å². The van der Waals surface area contributed by atoms with Crippen molar-refractivity contribution in [3.05, 3.63) is 30.1 Å². The maximum absolute atomic E-state index is 4.51. The minimum atomic E-state index is 0.808. The van der Waals surface area contributed by atoms with Crippen LogP contribution in [0.3, 0.4) is 0 Å². The zero-order chi connectivity index (χ0) is 13.5. The van der Waals surface area contributed by atoms with Crippen molar-refractivity contribution in [3.63, 3.8) is 0 Å². The van der Waals surface area contributed by atoms with Crippen LogP contribution in [0.15, 0.2) is 24.4 Å². The Hall–Kier alpha value is -0.890.